The molecule has 18 heavy (non-hydrogen) atoms. The lowest BCUT2D eigenvalue weighted by Crippen LogP contribution is -2.10. The van der Waals surface area contributed by atoms with Crippen LogP contribution in [0.2, 0.25) is 5.02 Å². The van der Waals surface area contributed by atoms with Crippen molar-refractivity contribution >= 4 is 17.4 Å². The van der Waals surface area contributed by atoms with Gasteiger partial charge < -0.3 is 5.43 Å². The van der Waals surface area contributed by atoms with Gasteiger partial charge >= 0.3 is 0 Å². The average molecular weight is 267 g/mol. The summed E-state index contributed by atoms with van der Waals surface area (Å²) < 4.78 is 13.4. The van der Waals surface area contributed by atoms with Crippen molar-refractivity contribution in [3.63, 3.8) is 0 Å². The van der Waals surface area contributed by atoms with Gasteiger partial charge in [0.1, 0.15) is 11.6 Å². The zero-order chi connectivity index (χ0) is 13.1. The Balaban J connectivity index is 2.51. The highest BCUT2D eigenvalue weighted by molar-refractivity contribution is 6.30. The Kier molecular flexibility index (Phi) is 3.74. The zero-order valence-electron chi connectivity index (χ0n) is 9.74. The minimum atomic E-state index is -0.498. The van der Waals surface area contributed by atoms with Gasteiger partial charge in [-0.15, -0.1) is 0 Å². The molecule has 0 aliphatic carbocycles. The molecule has 2 aromatic rings. The molecular weight excluding hydrogens is 255 g/mol. The van der Waals surface area contributed by atoms with E-state index in [9.17, 15) is 4.39 Å². The lowest BCUT2D eigenvalue weighted by molar-refractivity contribution is 0.628. The summed E-state index contributed by atoms with van der Waals surface area (Å²) in [7, 11) is 0. The monoisotopic (exact) mass is 266 g/mol. The van der Waals surface area contributed by atoms with Crippen molar-refractivity contribution in [3.8, 4) is 11.4 Å². The Morgan fingerprint density at radius 1 is 1.33 bits per heavy atom. The summed E-state index contributed by atoms with van der Waals surface area (Å²) in [5, 5.41) is 0.0718. The molecule has 0 saturated carbocycles. The molecule has 0 unspecified atom stereocenters. The summed E-state index contributed by atoms with van der Waals surface area (Å²) in [5.41, 5.74) is 3.85. The first kappa shape index (κ1) is 12.7. The predicted octanol–water partition coefficient (Wildman–Crippen LogP) is 2.78. The first-order valence-corrected chi connectivity index (χ1v) is 5.82. The molecule has 0 aliphatic rings. The zero-order valence-corrected chi connectivity index (χ0v) is 10.5. The Hall–Kier alpha value is -1.72. The second-order valence-corrected chi connectivity index (χ2v) is 4.10. The molecule has 0 bridgehead atoms. The highest BCUT2D eigenvalue weighted by atomic mass is 35.5. The number of aryl methyl sites for hydroxylation is 1. The third-order valence-corrected chi connectivity index (χ3v) is 2.77. The largest absolute Gasteiger partial charge is 0.308 e. The third-order valence-electron chi connectivity index (χ3n) is 2.47. The van der Waals surface area contributed by atoms with Crippen LogP contribution in [0.5, 0.6) is 0 Å². The van der Waals surface area contributed by atoms with Gasteiger partial charge in [-0.1, -0.05) is 18.5 Å². The number of benzene rings is 1. The van der Waals surface area contributed by atoms with Crippen molar-refractivity contribution in [1.82, 2.24) is 9.97 Å². The maximum absolute atomic E-state index is 13.4. The molecule has 0 saturated heterocycles. The maximum Gasteiger partial charge on any atom is 0.161 e. The van der Waals surface area contributed by atoms with E-state index in [1.54, 1.807) is 12.1 Å². The molecule has 4 nitrogen and oxygen atoms in total. The smallest absolute Gasteiger partial charge is 0.161 e. The van der Waals surface area contributed by atoms with Gasteiger partial charge in [-0.25, -0.2) is 20.2 Å². The van der Waals surface area contributed by atoms with E-state index in [2.05, 4.69) is 15.4 Å². The fraction of sp³-hybridized carbons (Fsp3) is 0.167. The van der Waals surface area contributed by atoms with E-state index >= 15 is 0 Å². The molecule has 6 heteroatoms. The number of anilines is 1. The van der Waals surface area contributed by atoms with Crippen molar-refractivity contribution < 1.29 is 4.39 Å². The number of halogens is 2. The van der Waals surface area contributed by atoms with Crippen LogP contribution in [0, 0.1) is 5.82 Å². The van der Waals surface area contributed by atoms with Crippen LogP contribution < -0.4 is 11.3 Å². The van der Waals surface area contributed by atoms with Crippen LogP contribution in [-0.2, 0) is 6.42 Å². The van der Waals surface area contributed by atoms with Gasteiger partial charge in [0.15, 0.2) is 5.82 Å². The van der Waals surface area contributed by atoms with E-state index in [4.69, 9.17) is 17.4 Å². The van der Waals surface area contributed by atoms with Gasteiger partial charge in [-0.2, -0.15) is 0 Å². The first-order chi connectivity index (χ1) is 8.63. The number of hydrazine groups is 1. The molecule has 1 aromatic heterocycles. The van der Waals surface area contributed by atoms with Gasteiger partial charge in [-0.3, -0.25) is 0 Å². The van der Waals surface area contributed by atoms with Crippen LogP contribution in [-0.4, -0.2) is 9.97 Å². The first-order valence-electron chi connectivity index (χ1n) is 5.44. The van der Waals surface area contributed by atoms with E-state index < -0.39 is 5.82 Å². The number of rotatable bonds is 3. The van der Waals surface area contributed by atoms with E-state index in [0.717, 1.165) is 12.1 Å². The third kappa shape index (κ3) is 2.57. The molecule has 3 N–H and O–H groups in total. The summed E-state index contributed by atoms with van der Waals surface area (Å²) in [6.07, 6.45) is 0.736. The Bertz CT molecular complexity index is 552. The van der Waals surface area contributed by atoms with Crippen molar-refractivity contribution in [3.05, 3.63) is 40.8 Å². The summed E-state index contributed by atoms with van der Waals surface area (Å²) >= 11 is 5.64. The molecule has 0 radical (unpaired) electrons. The topological polar surface area (TPSA) is 63.8 Å². The van der Waals surface area contributed by atoms with Crippen LogP contribution >= 0.6 is 11.6 Å². The fourth-order valence-corrected chi connectivity index (χ4v) is 1.63. The van der Waals surface area contributed by atoms with Gasteiger partial charge in [0, 0.05) is 17.3 Å². The molecule has 0 amide bonds. The van der Waals surface area contributed by atoms with E-state index in [1.165, 1.54) is 12.1 Å². The van der Waals surface area contributed by atoms with Crippen molar-refractivity contribution in [2.45, 2.75) is 13.3 Å². The lowest BCUT2D eigenvalue weighted by atomic mass is 10.2. The van der Waals surface area contributed by atoms with Crippen LogP contribution in [0.25, 0.3) is 11.4 Å². The minimum absolute atomic E-state index is 0.0718. The average Bonchev–Trinajstić information content (AvgIpc) is 2.41. The van der Waals surface area contributed by atoms with Crippen LogP contribution in [0.1, 0.15) is 12.6 Å². The van der Waals surface area contributed by atoms with Crippen molar-refractivity contribution in [2.75, 3.05) is 5.43 Å². The van der Waals surface area contributed by atoms with Crippen LogP contribution in [0.3, 0.4) is 0 Å². The molecule has 0 atom stereocenters. The molecule has 2 rings (SSSR count). The van der Waals surface area contributed by atoms with Crippen molar-refractivity contribution in [2.24, 2.45) is 5.84 Å². The Morgan fingerprint density at radius 3 is 2.72 bits per heavy atom. The molecule has 1 aromatic carbocycles. The van der Waals surface area contributed by atoms with Gasteiger partial charge in [0.25, 0.3) is 0 Å². The second kappa shape index (κ2) is 5.29. The number of hydrogen-bond acceptors (Lipinski definition) is 4. The van der Waals surface area contributed by atoms with Gasteiger partial charge in [0.05, 0.1) is 5.02 Å². The highest BCUT2D eigenvalue weighted by Gasteiger charge is 2.08. The quantitative estimate of drug-likeness (QED) is 0.662. The highest BCUT2D eigenvalue weighted by Crippen LogP contribution is 2.23. The van der Waals surface area contributed by atoms with Gasteiger partial charge in [0.2, 0.25) is 0 Å². The lowest BCUT2D eigenvalue weighted by Gasteiger charge is -2.07. The maximum atomic E-state index is 13.4. The van der Waals surface area contributed by atoms with Crippen LogP contribution in [0.15, 0.2) is 24.3 Å². The molecular formula is C12H12ClFN4. The number of nitrogens with zero attached hydrogens (tertiary/aromatic N) is 2. The molecule has 0 aliphatic heterocycles. The summed E-state index contributed by atoms with van der Waals surface area (Å²) in [6, 6.07) is 6.19. The molecule has 0 fully saturated rings. The minimum Gasteiger partial charge on any atom is -0.308 e. The number of nitrogens with one attached hydrogen (secondary N) is 1. The summed E-state index contributed by atoms with van der Waals surface area (Å²) in [4.78, 5) is 8.51. The van der Waals surface area contributed by atoms with E-state index in [0.29, 0.717) is 17.2 Å². The molecule has 0 spiro atoms. The number of hydrogen-bond donors (Lipinski definition) is 2. The Labute approximate surface area is 109 Å². The fourth-order valence-electron chi connectivity index (χ4n) is 1.52. The standard InChI is InChI=1S/C12H12ClFN4/c1-2-8-6-11(18-15)17-12(16-8)7-3-4-9(13)10(14)5-7/h3-6H,2,15H2,1H3,(H,16,17,18). The summed E-state index contributed by atoms with van der Waals surface area (Å²) in [5.74, 6) is 5.75. The SMILES string of the molecule is CCc1cc(NN)nc(-c2ccc(Cl)c(F)c2)n1. The number of nitrogens with two attached hydrogens (primary N) is 1. The van der Waals surface area contributed by atoms with Crippen molar-refractivity contribution in [1.29, 1.82) is 0 Å². The second-order valence-electron chi connectivity index (χ2n) is 3.69. The Morgan fingerprint density at radius 2 is 2.11 bits per heavy atom. The van der Waals surface area contributed by atoms with Gasteiger partial charge in [-0.05, 0) is 24.6 Å². The number of nitrogen functional groups attached to an aromatic ring is 1. The molecule has 94 valence electrons. The van der Waals surface area contributed by atoms with Crippen LogP contribution in [0.4, 0.5) is 10.2 Å². The summed E-state index contributed by atoms with van der Waals surface area (Å²) in [6.45, 7) is 1.97. The van der Waals surface area contributed by atoms with E-state index in [-0.39, 0.29) is 5.02 Å². The molecule has 1 heterocycles. The predicted molar refractivity (Wildman–Crippen MR) is 69.6 cm³/mol. The number of aromatic nitrogens is 2. The normalized spacial score (nSPS) is 10.4. The van der Waals surface area contributed by atoms with E-state index in [1.807, 2.05) is 6.92 Å².